The van der Waals surface area contributed by atoms with Crippen LogP contribution in [-0.2, 0) is 13.3 Å². The normalized spacial score (nSPS) is 12.6. The second-order valence-corrected chi connectivity index (χ2v) is 5.01. The molecule has 4 nitrogen and oxygen atoms in total. The molecule has 0 saturated carbocycles. The average Bonchev–Trinajstić information content (AvgIpc) is 2.23. The van der Waals surface area contributed by atoms with Crippen LogP contribution >= 0.6 is 0 Å². The Bertz CT molecular complexity index is 157. The Balaban J connectivity index is 3.56. The lowest BCUT2D eigenvalue weighted by molar-refractivity contribution is 0.0315. The van der Waals surface area contributed by atoms with Gasteiger partial charge in [-0.1, -0.05) is 31.9 Å². The first-order chi connectivity index (χ1) is 6.68. The smallest absolute Gasteiger partial charge is 0.367 e. The molecule has 0 bridgehead atoms. The standard InChI is InChI=1S/C9H20O4Si/c1-4-5-6-7-8-9-13-14(10,11-2)12-3/h7-8,10H,4-6,9H2,1-3H3/b8-7+. The van der Waals surface area contributed by atoms with Crippen molar-refractivity contribution in [2.75, 3.05) is 20.8 Å². The summed E-state index contributed by atoms with van der Waals surface area (Å²) in [5, 5.41) is 0. The van der Waals surface area contributed by atoms with E-state index < -0.39 is 9.05 Å². The van der Waals surface area contributed by atoms with Crippen molar-refractivity contribution in [3.63, 3.8) is 0 Å². The fraction of sp³-hybridized carbons (Fsp3) is 0.778. The highest BCUT2D eigenvalue weighted by Crippen LogP contribution is 2.02. The lowest BCUT2D eigenvalue weighted by atomic mass is 10.2. The third-order valence-corrected chi connectivity index (χ3v) is 3.33. The van der Waals surface area contributed by atoms with Gasteiger partial charge in [0.1, 0.15) is 0 Å². The highest BCUT2D eigenvalue weighted by atomic mass is 28.4. The summed E-state index contributed by atoms with van der Waals surface area (Å²) in [4.78, 5) is 9.47. The molecule has 0 radical (unpaired) electrons. The Labute approximate surface area is 87.0 Å². The Hall–Kier alpha value is -0.203. The Kier molecular flexibility index (Phi) is 8.02. The van der Waals surface area contributed by atoms with E-state index in [9.17, 15) is 4.80 Å². The molecule has 0 heterocycles. The van der Waals surface area contributed by atoms with Gasteiger partial charge in [0.15, 0.2) is 0 Å². The molecule has 0 aromatic carbocycles. The summed E-state index contributed by atoms with van der Waals surface area (Å²) in [6.45, 7) is 2.47. The lowest BCUT2D eigenvalue weighted by Crippen LogP contribution is -2.44. The summed E-state index contributed by atoms with van der Waals surface area (Å²) in [5.74, 6) is 0. The minimum atomic E-state index is -3.32. The Morgan fingerprint density at radius 2 is 1.86 bits per heavy atom. The minimum Gasteiger partial charge on any atom is -0.367 e. The van der Waals surface area contributed by atoms with Crippen molar-refractivity contribution in [3.8, 4) is 0 Å². The van der Waals surface area contributed by atoms with Gasteiger partial charge >= 0.3 is 9.05 Å². The summed E-state index contributed by atoms with van der Waals surface area (Å²) in [6, 6.07) is 0. The van der Waals surface area contributed by atoms with Gasteiger partial charge in [-0.25, -0.2) is 0 Å². The first kappa shape index (κ1) is 13.8. The number of allylic oxidation sites excluding steroid dienone is 1. The van der Waals surface area contributed by atoms with Gasteiger partial charge in [-0.2, -0.15) is 0 Å². The van der Waals surface area contributed by atoms with E-state index >= 15 is 0 Å². The summed E-state index contributed by atoms with van der Waals surface area (Å²) in [5.41, 5.74) is 0. The topological polar surface area (TPSA) is 47.9 Å². The molecule has 0 rings (SSSR count). The highest BCUT2D eigenvalue weighted by molar-refractivity contribution is 6.51. The first-order valence-electron chi connectivity index (χ1n) is 4.80. The average molecular weight is 220 g/mol. The maximum absolute atomic E-state index is 9.47. The monoisotopic (exact) mass is 220 g/mol. The van der Waals surface area contributed by atoms with Crippen LogP contribution in [0.2, 0.25) is 0 Å². The van der Waals surface area contributed by atoms with Crippen LogP contribution in [0.1, 0.15) is 26.2 Å². The van der Waals surface area contributed by atoms with Gasteiger partial charge in [-0.3, -0.25) is 0 Å². The molecule has 0 aromatic rings. The van der Waals surface area contributed by atoms with Crippen LogP contribution in [0.25, 0.3) is 0 Å². The molecule has 0 atom stereocenters. The second kappa shape index (κ2) is 8.13. The SMILES string of the molecule is CCCC/C=C/CO[Si](O)(OC)OC. The Morgan fingerprint density at radius 3 is 2.36 bits per heavy atom. The van der Waals surface area contributed by atoms with Gasteiger partial charge in [0.05, 0.1) is 6.61 Å². The van der Waals surface area contributed by atoms with Gasteiger partial charge in [0.2, 0.25) is 0 Å². The van der Waals surface area contributed by atoms with Gasteiger partial charge in [0, 0.05) is 14.2 Å². The summed E-state index contributed by atoms with van der Waals surface area (Å²) >= 11 is 0. The van der Waals surface area contributed by atoms with Gasteiger partial charge in [-0.15, -0.1) is 0 Å². The molecular weight excluding hydrogens is 200 g/mol. The third-order valence-electron chi connectivity index (χ3n) is 1.77. The van der Waals surface area contributed by atoms with Crippen LogP contribution in [0, 0.1) is 0 Å². The maximum atomic E-state index is 9.47. The first-order valence-corrected chi connectivity index (χ1v) is 6.47. The molecule has 0 aromatic heterocycles. The van der Waals surface area contributed by atoms with Crippen molar-refractivity contribution >= 4 is 9.05 Å². The summed E-state index contributed by atoms with van der Waals surface area (Å²) in [7, 11) is -0.574. The van der Waals surface area contributed by atoms with Crippen molar-refractivity contribution < 1.29 is 18.1 Å². The highest BCUT2D eigenvalue weighted by Gasteiger charge is 2.37. The molecule has 14 heavy (non-hydrogen) atoms. The van der Waals surface area contributed by atoms with Crippen LogP contribution in [0.15, 0.2) is 12.2 Å². The van der Waals surface area contributed by atoms with E-state index in [0.29, 0.717) is 6.61 Å². The van der Waals surface area contributed by atoms with Crippen LogP contribution in [0.4, 0.5) is 0 Å². The fourth-order valence-corrected chi connectivity index (χ4v) is 1.57. The van der Waals surface area contributed by atoms with Gasteiger partial charge in [-0.05, 0) is 6.42 Å². The van der Waals surface area contributed by atoms with Crippen molar-refractivity contribution in [1.82, 2.24) is 0 Å². The zero-order valence-electron chi connectivity index (χ0n) is 9.16. The molecular formula is C9H20O4Si. The molecule has 0 aliphatic heterocycles. The van der Waals surface area contributed by atoms with Crippen LogP contribution in [0.3, 0.4) is 0 Å². The molecule has 84 valence electrons. The zero-order chi connectivity index (χ0) is 10.9. The van der Waals surface area contributed by atoms with Crippen molar-refractivity contribution in [2.24, 2.45) is 0 Å². The van der Waals surface area contributed by atoms with Crippen LogP contribution < -0.4 is 0 Å². The predicted molar refractivity (Wildman–Crippen MR) is 56.6 cm³/mol. The minimum absolute atomic E-state index is 0.327. The molecule has 5 heteroatoms. The molecule has 0 saturated heterocycles. The van der Waals surface area contributed by atoms with E-state index in [0.717, 1.165) is 6.42 Å². The molecule has 0 fully saturated rings. The summed E-state index contributed by atoms with van der Waals surface area (Å²) < 4.78 is 14.5. The van der Waals surface area contributed by atoms with Gasteiger partial charge < -0.3 is 18.1 Å². The van der Waals surface area contributed by atoms with E-state index in [1.54, 1.807) is 0 Å². The number of rotatable bonds is 8. The molecule has 0 aliphatic rings. The molecule has 0 amide bonds. The second-order valence-electron chi connectivity index (χ2n) is 2.86. The quantitative estimate of drug-likeness (QED) is 0.382. The Morgan fingerprint density at radius 1 is 1.21 bits per heavy atom. The maximum Gasteiger partial charge on any atom is 0.676 e. The van der Waals surface area contributed by atoms with E-state index in [1.165, 1.54) is 27.1 Å². The number of hydrogen-bond donors (Lipinski definition) is 1. The number of unbranched alkanes of at least 4 members (excludes halogenated alkanes) is 2. The molecule has 1 N–H and O–H groups in total. The third kappa shape index (κ3) is 6.28. The van der Waals surface area contributed by atoms with Crippen LogP contribution in [0.5, 0.6) is 0 Å². The summed E-state index contributed by atoms with van der Waals surface area (Å²) in [6.07, 6.45) is 7.29. The molecule has 0 spiro atoms. The van der Waals surface area contributed by atoms with E-state index in [1.807, 2.05) is 12.2 Å². The molecule has 0 unspecified atom stereocenters. The lowest BCUT2D eigenvalue weighted by Gasteiger charge is -2.17. The largest absolute Gasteiger partial charge is 0.676 e. The predicted octanol–water partition coefficient (Wildman–Crippen LogP) is 1.47. The zero-order valence-corrected chi connectivity index (χ0v) is 10.2. The van der Waals surface area contributed by atoms with Crippen molar-refractivity contribution in [3.05, 3.63) is 12.2 Å². The fourth-order valence-electron chi connectivity index (χ4n) is 0.862. The van der Waals surface area contributed by atoms with E-state index in [2.05, 4.69) is 6.92 Å². The van der Waals surface area contributed by atoms with Crippen molar-refractivity contribution in [2.45, 2.75) is 26.2 Å². The van der Waals surface area contributed by atoms with E-state index in [-0.39, 0.29) is 0 Å². The van der Waals surface area contributed by atoms with Gasteiger partial charge in [0.25, 0.3) is 0 Å². The van der Waals surface area contributed by atoms with Crippen LogP contribution in [-0.4, -0.2) is 34.7 Å². The van der Waals surface area contributed by atoms with Crippen molar-refractivity contribution in [1.29, 1.82) is 0 Å². The number of hydrogen-bond acceptors (Lipinski definition) is 4. The molecule has 0 aliphatic carbocycles. The van der Waals surface area contributed by atoms with E-state index in [4.69, 9.17) is 13.3 Å².